The van der Waals surface area contributed by atoms with Gasteiger partial charge in [0.1, 0.15) is 11.0 Å². The molecule has 1 atom stereocenters. The maximum atomic E-state index is 13.2. The third-order valence-corrected chi connectivity index (χ3v) is 7.63. The van der Waals surface area contributed by atoms with Crippen LogP contribution >= 0.6 is 0 Å². The van der Waals surface area contributed by atoms with Crippen molar-refractivity contribution in [2.75, 3.05) is 18.4 Å². The van der Waals surface area contributed by atoms with E-state index in [9.17, 15) is 9.90 Å². The zero-order valence-corrected chi connectivity index (χ0v) is 21.9. The molecule has 0 saturated carbocycles. The van der Waals surface area contributed by atoms with Crippen molar-refractivity contribution in [2.45, 2.75) is 57.7 Å². The second-order valence-electron chi connectivity index (χ2n) is 10.8. The Hall–Kier alpha value is -3.82. The summed E-state index contributed by atoms with van der Waals surface area (Å²) in [6.07, 6.45) is 7.90. The Morgan fingerprint density at radius 3 is 2.76 bits per heavy atom. The molecular weight excluding hydrogens is 478 g/mol. The van der Waals surface area contributed by atoms with E-state index in [1.807, 2.05) is 6.07 Å². The van der Waals surface area contributed by atoms with Crippen LogP contribution in [0.4, 0.5) is 11.6 Å². The summed E-state index contributed by atoms with van der Waals surface area (Å²) in [6.45, 7) is 9.90. The van der Waals surface area contributed by atoms with Crippen LogP contribution in [0.3, 0.4) is 0 Å². The number of benzene rings is 1. The molecule has 1 aliphatic carbocycles. The van der Waals surface area contributed by atoms with E-state index in [1.54, 1.807) is 42.9 Å². The van der Waals surface area contributed by atoms with Gasteiger partial charge in [-0.2, -0.15) is 4.98 Å². The molecule has 9 heteroatoms. The number of hydrogen-bond donors (Lipinski definition) is 2. The summed E-state index contributed by atoms with van der Waals surface area (Å²) in [7, 11) is 0. The Bertz CT molecular complexity index is 1580. The number of aliphatic hydroxyl groups is 1. The van der Waals surface area contributed by atoms with Gasteiger partial charge in [-0.15, -0.1) is 6.58 Å². The molecule has 1 fully saturated rings. The minimum Gasteiger partial charge on any atom is -0.384 e. The van der Waals surface area contributed by atoms with Crippen LogP contribution in [0.25, 0.3) is 16.9 Å². The zero-order chi connectivity index (χ0) is 26.4. The molecule has 1 aromatic carbocycles. The molecule has 0 amide bonds. The molecule has 1 aliphatic heterocycles. The molecule has 9 nitrogen and oxygen atoms in total. The lowest BCUT2D eigenvalue weighted by Crippen LogP contribution is -2.47. The van der Waals surface area contributed by atoms with Crippen LogP contribution < -0.4 is 10.9 Å². The highest BCUT2D eigenvalue weighted by atomic mass is 16.3. The Morgan fingerprint density at radius 2 is 2.03 bits per heavy atom. The van der Waals surface area contributed by atoms with Gasteiger partial charge in [0.2, 0.25) is 5.95 Å². The number of aryl methyl sites for hydroxylation is 1. The number of allylic oxidation sites excluding steroid dienone is 1. The third-order valence-electron chi connectivity index (χ3n) is 7.63. The first-order chi connectivity index (χ1) is 18.3. The summed E-state index contributed by atoms with van der Waals surface area (Å²) in [5.74, 6) is 0.878. The number of fused-ring (bicyclic) bond motifs is 2. The van der Waals surface area contributed by atoms with Gasteiger partial charge >= 0.3 is 0 Å². The number of aromatic nitrogens is 5. The second-order valence-corrected chi connectivity index (χ2v) is 10.8. The Balaban J connectivity index is 1.36. The Morgan fingerprint density at radius 1 is 1.18 bits per heavy atom. The van der Waals surface area contributed by atoms with Crippen LogP contribution in [0.15, 0.2) is 60.0 Å². The van der Waals surface area contributed by atoms with Crippen molar-refractivity contribution in [3.05, 3.63) is 82.4 Å². The van der Waals surface area contributed by atoms with Crippen LogP contribution in [-0.2, 0) is 25.0 Å². The molecule has 38 heavy (non-hydrogen) atoms. The minimum absolute atomic E-state index is 0.229. The second kappa shape index (κ2) is 9.49. The highest BCUT2D eigenvalue weighted by Crippen LogP contribution is 2.30. The van der Waals surface area contributed by atoms with Crippen LogP contribution in [0.1, 0.15) is 43.5 Å². The minimum atomic E-state index is -1.13. The number of rotatable bonds is 7. The quantitative estimate of drug-likeness (QED) is 0.365. The first-order valence-corrected chi connectivity index (χ1v) is 13.2. The summed E-state index contributed by atoms with van der Waals surface area (Å²) in [5.41, 5.74) is 3.28. The molecule has 4 aromatic rings. The fraction of sp³-hybridized carbons (Fsp3) is 0.379. The van der Waals surface area contributed by atoms with Crippen LogP contribution in [0, 0.1) is 0 Å². The molecule has 0 spiro atoms. The summed E-state index contributed by atoms with van der Waals surface area (Å²) in [6, 6.07) is 12.5. The van der Waals surface area contributed by atoms with Crippen LogP contribution in [-0.4, -0.2) is 53.5 Å². The van der Waals surface area contributed by atoms with E-state index in [0.29, 0.717) is 34.5 Å². The van der Waals surface area contributed by atoms with Gasteiger partial charge in [-0.25, -0.2) is 19.3 Å². The van der Waals surface area contributed by atoms with Gasteiger partial charge in [0.15, 0.2) is 11.5 Å². The van der Waals surface area contributed by atoms with Crippen LogP contribution in [0.2, 0.25) is 0 Å². The number of nitrogens with zero attached hydrogens (tertiary/aromatic N) is 6. The van der Waals surface area contributed by atoms with Gasteiger partial charge in [0, 0.05) is 17.9 Å². The van der Waals surface area contributed by atoms with Crippen molar-refractivity contribution in [1.82, 2.24) is 29.2 Å². The van der Waals surface area contributed by atoms with E-state index in [-0.39, 0.29) is 12.1 Å². The zero-order valence-electron chi connectivity index (χ0n) is 21.9. The van der Waals surface area contributed by atoms with Crippen LogP contribution in [0.5, 0.6) is 0 Å². The number of likely N-dealkylation sites (tertiary alicyclic amines) is 1. The largest absolute Gasteiger partial charge is 0.384 e. The molecule has 2 N–H and O–H groups in total. The molecule has 2 aliphatic rings. The lowest BCUT2D eigenvalue weighted by molar-refractivity contribution is 0.0738. The predicted octanol–water partition coefficient (Wildman–Crippen LogP) is 3.70. The fourth-order valence-electron chi connectivity index (χ4n) is 5.45. The molecule has 0 radical (unpaired) electrons. The van der Waals surface area contributed by atoms with Gasteiger partial charge in [-0.05, 0) is 88.0 Å². The summed E-state index contributed by atoms with van der Waals surface area (Å²) in [5, 5.41) is 14.2. The third kappa shape index (κ3) is 4.41. The van der Waals surface area contributed by atoms with E-state index >= 15 is 0 Å². The van der Waals surface area contributed by atoms with Gasteiger partial charge in [-0.1, -0.05) is 18.2 Å². The van der Waals surface area contributed by atoms with E-state index in [0.717, 1.165) is 18.5 Å². The molecule has 3 aromatic heterocycles. The van der Waals surface area contributed by atoms with E-state index in [1.165, 1.54) is 41.7 Å². The first kappa shape index (κ1) is 24.5. The molecular formula is C29H33N7O2. The molecule has 1 saturated heterocycles. The standard InChI is InChI=1S/C29H33N7O2/c1-4-13-35-27(37)23-18-30-28(33-26(23)36(35)25-8-5-7-24(32-25)29(2,3)38)31-21-11-9-20-17-22(34-14-6-15-34)12-10-19(20)16-21/h4-5,7-9,11,16,18,22,38H,1,6,10,12-15,17H2,2-3H3,(H,30,31,33). The summed E-state index contributed by atoms with van der Waals surface area (Å²) in [4.78, 5) is 29.7. The number of pyridine rings is 1. The van der Waals surface area contributed by atoms with Gasteiger partial charge < -0.3 is 10.4 Å². The molecule has 196 valence electrons. The maximum Gasteiger partial charge on any atom is 0.278 e. The lowest BCUT2D eigenvalue weighted by atomic mass is 9.86. The Kier molecular flexibility index (Phi) is 6.12. The number of nitrogens with one attached hydrogen (secondary N) is 1. The van der Waals surface area contributed by atoms with E-state index in [2.05, 4.69) is 45.0 Å². The van der Waals surface area contributed by atoms with Crippen molar-refractivity contribution in [3.63, 3.8) is 0 Å². The SMILES string of the molecule is C=CCn1c(=O)c2cnc(Nc3ccc4c(c3)CCC(N3CCC3)C4)nc2n1-c1cccc(C(C)(C)O)n1. The van der Waals surface area contributed by atoms with E-state index < -0.39 is 5.60 Å². The van der Waals surface area contributed by atoms with Gasteiger partial charge in [-0.3, -0.25) is 9.69 Å². The number of anilines is 2. The normalized spacial score (nSPS) is 17.7. The molecule has 0 bridgehead atoms. The van der Waals surface area contributed by atoms with E-state index in [4.69, 9.17) is 4.98 Å². The maximum absolute atomic E-state index is 13.2. The monoisotopic (exact) mass is 511 g/mol. The van der Waals surface area contributed by atoms with Crippen molar-refractivity contribution in [3.8, 4) is 5.82 Å². The fourth-order valence-corrected chi connectivity index (χ4v) is 5.45. The lowest BCUT2D eigenvalue weighted by Gasteiger charge is -2.41. The molecule has 4 heterocycles. The highest BCUT2D eigenvalue weighted by molar-refractivity contribution is 5.77. The van der Waals surface area contributed by atoms with Crippen molar-refractivity contribution in [1.29, 1.82) is 0 Å². The summed E-state index contributed by atoms with van der Waals surface area (Å²) < 4.78 is 3.20. The van der Waals surface area contributed by atoms with Crippen molar-refractivity contribution in [2.24, 2.45) is 0 Å². The van der Waals surface area contributed by atoms with Gasteiger partial charge in [0.25, 0.3) is 5.56 Å². The smallest absolute Gasteiger partial charge is 0.278 e. The Labute approximate surface area is 221 Å². The summed E-state index contributed by atoms with van der Waals surface area (Å²) >= 11 is 0. The highest BCUT2D eigenvalue weighted by Gasteiger charge is 2.28. The first-order valence-electron chi connectivity index (χ1n) is 13.2. The average Bonchev–Trinajstić information content (AvgIpc) is 3.13. The molecule has 1 unspecified atom stereocenters. The van der Waals surface area contributed by atoms with Crippen molar-refractivity contribution >= 4 is 22.7 Å². The number of hydrogen-bond acceptors (Lipinski definition) is 7. The average molecular weight is 512 g/mol. The predicted molar refractivity (Wildman–Crippen MR) is 148 cm³/mol. The van der Waals surface area contributed by atoms with Crippen molar-refractivity contribution < 1.29 is 5.11 Å². The van der Waals surface area contributed by atoms with Gasteiger partial charge in [0.05, 0.1) is 12.2 Å². The molecule has 6 rings (SSSR count). The topological polar surface area (TPSA) is 101 Å².